The SMILES string of the molecule is CS(=O)(=O)N[C@H]1CCC(F)(F)C[C@@H]1COc1ccccc1-n1cc(C#N)cn1. The molecule has 1 heterocycles. The molecule has 7 nitrogen and oxygen atoms in total. The summed E-state index contributed by atoms with van der Waals surface area (Å²) in [6.45, 7) is -0.0772. The maximum absolute atomic E-state index is 13.9. The number of sulfonamides is 1. The number of nitrogens with zero attached hydrogens (tertiary/aromatic N) is 3. The molecule has 0 unspecified atom stereocenters. The Labute approximate surface area is 162 Å². The lowest BCUT2D eigenvalue weighted by atomic mass is 9.83. The summed E-state index contributed by atoms with van der Waals surface area (Å²) >= 11 is 0. The number of hydrogen-bond acceptors (Lipinski definition) is 5. The van der Waals surface area contributed by atoms with Crippen molar-refractivity contribution >= 4 is 10.0 Å². The van der Waals surface area contributed by atoms with E-state index in [4.69, 9.17) is 10.00 Å². The molecule has 0 saturated heterocycles. The molecule has 0 aliphatic heterocycles. The van der Waals surface area contributed by atoms with Gasteiger partial charge in [-0.2, -0.15) is 10.4 Å². The number of benzene rings is 1. The fourth-order valence-electron chi connectivity index (χ4n) is 3.31. The Balaban J connectivity index is 1.78. The van der Waals surface area contributed by atoms with Crippen molar-refractivity contribution in [1.29, 1.82) is 5.26 Å². The zero-order valence-corrected chi connectivity index (χ0v) is 16.0. The average molecular weight is 410 g/mol. The number of ether oxygens (including phenoxy) is 1. The molecule has 1 saturated carbocycles. The zero-order chi connectivity index (χ0) is 20.4. The van der Waals surface area contributed by atoms with Gasteiger partial charge >= 0.3 is 0 Å². The predicted octanol–water partition coefficient (Wildman–Crippen LogP) is 2.48. The lowest BCUT2D eigenvalue weighted by molar-refractivity contribution is -0.0660. The van der Waals surface area contributed by atoms with Crippen molar-refractivity contribution in [2.75, 3.05) is 12.9 Å². The number of aromatic nitrogens is 2. The normalized spacial score (nSPS) is 21.8. The second kappa shape index (κ2) is 7.85. The van der Waals surface area contributed by atoms with Gasteiger partial charge in [-0.1, -0.05) is 12.1 Å². The summed E-state index contributed by atoms with van der Waals surface area (Å²) in [4.78, 5) is 0. The number of hydrogen-bond donors (Lipinski definition) is 1. The number of nitrogens with one attached hydrogen (secondary N) is 1. The Morgan fingerprint density at radius 1 is 1.43 bits per heavy atom. The van der Waals surface area contributed by atoms with Gasteiger partial charge in [-0.25, -0.2) is 26.6 Å². The number of halogens is 2. The molecule has 0 bridgehead atoms. The van der Waals surface area contributed by atoms with Crippen molar-refractivity contribution in [3.05, 3.63) is 42.2 Å². The monoisotopic (exact) mass is 410 g/mol. The molecule has 1 aromatic carbocycles. The Bertz CT molecular complexity index is 985. The first-order valence-corrected chi connectivity index (χ1v) is 10.6. The highest BCUT2D eigenvalue weighted by atomic mass is 32.2. The Morgan fingerprint density at radius 2 is 2.18 bits per heavy atom. The molecule has 2 aromatic rings. The minimum atomic E-state index is -3.52. The number of para-hydroxylation sites is 2. The summed E-state index contributed by atoms with van der Waals surface area (Å²) in [6, 6.07) is 8.26. The lowest BCUT2D eigenvalue weighted by Gasteiger charge is -2.35. The van der Waals surface area contributed by atoms with Gasteiger partial charge in [0.1, 0.15) is 17.5 Å². The molecule has 10 heteroatoms. The van der Waals surface area contributed by atoms with Crippen LogP contribution in [0.25, 0.3) is 5.69 Å². The quantitative estimate of drug-likeness (QED) is 0.789. The van der Waals surface area contributed by atoms with Crippen LogP contribution in [0.5, 0.6) is 5.75 Å². The summed E-state index contributed by atoms with van der Waals surface area (Å²) in [6.07, 6.45) is 3.17. The first-order valence-electron chi connectivity index (χ1n) is 8.69. The van der Waals surface area contributed by atoms with E-state index in [0.29, 0.717) is 17.0 Å². The van der Waals surface area contributed by atoms with Gasteiger partial charge in [0, 0.05) is 31.0 Å². The molecule has 0 spiro atoms. The second-order valence-corrected chi connectivity index (χ2v) is 8.70. The topological polar surface area (TPSA) is 97.0 Å². The van der Waals surface area contributed by atoms with E-state index in [1.807, 2.05) is 6.07 Å². The molecule has 0 radical (unpaired) electrons. The second-order valence-electron chi connectivity index (χ2n) is 6.92. The van der Waals surface area contributed by atoms with E-state index in [2.05, 4.69) is 9.82 Å². The summed E-state index contributed by atoms with van der Waals surface area (Å²) in [5.41, 5.74) is 0.929. The first kappa shape index (κ1) is 20.2. The third kappa shape index (κ3) is 5.05. The highest BCUT2D eigenvalue weighted by molar-refractivity contribution is 7.88. The van der Waals surface area contributed by atoms with Crippen molar-refractivity contribution in [2.24, 2.45) is 5.92 Å². The number of nitriles is 1. The smallest absolute Gasteiger partial charge is 0.248 e. The molecule has 1 aromatic heterocycles. The van der Waals surface area contributed by atoms with Crippen molar-refractivity contribution in [1.82, 2.24) is 14.5 Å². The molecule has 3 rings (SSSR count). The summed E-state index contributed by atoms with van der Waals surface area (Å²) in [5.74, 6) is -3.13. The van der Waals surface area contributed by atoms with Crippen molar-refractivity contribution in [3.8, 4) is 17.5 Å². The van der Waals surface area contributed by atoms with Crippen molar-refractivity contribution in [2.45, 2.75) is 31.2 Å². The number of rotatable bonds is 6. The van der Waals surface area contributed by atoms with E-state index in [0.717, 1.165) is 6.26 Å². The van der Waals surface area contributed by atoms with Gasteiger partial charge in [0.2, 0.25) is 15.9 Å². The van der Waals surface area contributed by atoms with Gasteiger partial charge in [0.15, 0.2) is 0 Å². The standard InChI is InChI=1S/C18H20F2N4O3S/c1-28(25,26)23-15-6-7-18(19,20)8-14(15)12-27-17-5-3-2-4-16(17)24-11-13(9-21)10-22-24/h2-5,10-11,14-15,23H,6-8,12H2,1H3/t14-,15+/m1/s1. The molecule has 1 aliphatic carbocycles. The van der Waals surface area contributed by atoms with Crippen molar-refractivity contribution in [3.63, 3.8) is 0 Å². The van der Waals surface area contributed by atoms with Crippen LogP contribution < -0.4 is 9.46 Å². The van der Waals surface area contributed by atoms with Gasteiger partial charge in [-0.3, -0.25) is 0 Å². The molecule has 0 amide bonds. The highest BCUT2D eigenvalue weighted by Crippen LogP contribution is 2.37. The fourth-order valence-corrected chi connectivity index (χ4v) is 4.17. The van der Waals surface area contributed by atoms with Crippen LogP contribution in [0.1, 0.15) is 24.8 Å². The highest BCUT2D eigenvalue weighted by Gasteiger charge is 2.42. The van der Waals surface area contributed by atoms with Crippen LogP contribution in [0.4, 0.5) is 8.78 Å². The van der Waals surface area contributed by atoms with Crippen LogP contribution in [-0.4, -0.2) is 43.0 Å². The van der Waals surface area contributed by atoms with E-state index in [1.54, 1.807) is 24.3 Å². The summed E-state index contributed by atoms with van der Waals surface area (Å²) < 4.78 is 60.6. The third-order valence-corrected chi connectivity index (χ3v) is 5.32. The van der Waals surface area contributed by atoms with Crippen molar-refractivity contribution < 1.29 is 21.9 Å². The molecular weight excluding hydrogens is 390 g/mol. The third-order valence-electron chi connectivity index (χ3n) is 4.59. The maximum atomic E-state index is 13.9. The van der Waals surface area contributed by atoms with Crippen LogP contribution in [0.3, 0.4) is 0 Å². The predicted molar refractivity (Wildman–Crippen MR) is 97.8 cm³/mol. The molecule has 150 valence electrons. The molecule has 1 fully saturated rings. The van der Waals surface area contributed by atoms with Gasteiger partial charge in [0.05, 0.1) is 24.6 Å². The van der Waals surface area contributed by atoms with Gasteiger partial charge in [-0.05, 0) is 18.6 Å². The minimum absolute atomic E-state index is 0.0421. The van der Waals surface area contributed by atoms with E-state index < -0.39 is 34.3 Å². The molecule has 1 aliphatic rings. The lowest BCUT2D eigenvalue weighted by Crippen LogP contribution is -2.48. The van der Waals surface area contributed by atoms with Gasteiger partial charge < -0.3 is 4.74 Å². The van der Waals surface area contributed by atoms with E-state index >= 15 is 0 Å². The molecule has 28 heavy (non-hydrogen) atoms. The van der Waals surface area contributed by atoms with E-state index in [-0.39, 0.29) is 19.4 Å². The number of alkyl halides is 2. The molecular formula is C18H20F2N4O3S. The fraction of sp³-hybridized carbons (Fsp3) is 0.444. The van der Waals surface area contributed by atoms with Crippen LogP contribution in [0.2, 0.25) is 0 Å². The zero-order valence-electron chi connectivity index (χ0n) is 15.2. The Morgan fingerprint density at radius 3 is 2.86 bits per heavy atom. The van der Waals surface area contributed by atoms with E-state index in [1.165, 1.54) is 17.1 Å². The van der Waals surface area contributed by atoms with Gasteiger partial charge in [-0.15, -0.1) is 0 Å². The Hall–Kier alpha value is -2.51. The van der Waals surface area contributed by atoms with E-state index in [9.17, 15) is 17.2 Å². The summed E-state index contributed by atoms with van der Waals surface area (Å²) in [5, 5.41) is 13.1. The minimum Gasteiger partial charge on any atom is -0.491 e. The first-order chi connectivity index (χ1) is 13.2. The average Bonchev–Trinajstić information content (AvgIpc) is 3.10. The molecule has 1 N–H and O–H groups in total. The summed E-state index contributed by atoms with van der Waals surface area (Å²) in [7, 11) is -3.52. The van der Waals surface area contributed by atoms with Crippen LogP contribution in [0, 0.1) is 17.2 Å². The molecule has 2 atom stereocenters. The van der Waals surface area contributed by atoms with Crippen LogP contribution in [0.15, 0.2) is 36.7 Å². The van der Waals surface area contributed by atoms with Crippen LogP contribution in [-0.2, 0) is 10.0 Å². The Kier molecular flexibility index (Phi) is 5.67. The van der Waals surface area contributed by atoms with Gasteiger partial charge in [0.25, 0.3) is 0 Å². The van der Waals surface area contributed by atoms with Crippen LogP contribution >= 0.6 is 0 Å². The maximum Gasteiger partial charge on any atom is 0.248 e. The largest absolute Gasteiger partial charge is 0.491 e.